The van der Waals surface area contributed by atoms with Crippen LogP contribution in [0.25, 0.3) is 0 Å². The molecule has 1 atom stereocenters. The molecule has 0 unspecified atom stereocenters. The Kier molecular flexibility index (Phi) is 5.64. The molecule has 0 bridgehead atoms. The number of hydrogen-bond acceptors (Lipinski definition) is 4. The van der Waals surface area contributed by atoms with Gasteiger partial charge >= 0.3 is 0 Å². The maximum atomic E-state index is 13.1. The predicted octanol–water partition coefficient (Wildman–Crippen LogP) is 3.80. The SMILES string of the molecule is C[C@H](C(=O)Nc1ccc(C(=O)Nc2ccc(F)cc2N)nc1)c1ccccc1. The number of aromatic nitrogens is 1. The summed E-state index contributed by atoms with van der Waals surface area (Å²) >= 11 is 0. The highest BCUT2D eigenvalue weighted by Gasteiger charge is 2.16. The summed E-state index contributed by atoms with van der Waals surface area (Å²) < 4.78 is 13.1. The Morgan fingerprint density at radius 2 is 1.79 bits per heavy atom. The Hall–Kier alpha value is -3.74. The molecule has 0 aliphatic rings. The molecule has 0 saturated heterocycles. The summed E-state index contributed by atoms with van der Waals surface area (Å²) in [6.45, 7) is 1.81. The molecule has 3 rings (SSSR count). The minimum atomic E-state index is -0.492. The zero-order valence-corrected chi connectivity index (χ0v) is 15.1. The smallest absolute Gasteiger partial charge is 0.274 e. The number of nitrogens with two attached hydrogens (primary N) is 1. The predicted molar refractivity (Wildman–Crippen MR) is 106 cm³/mol. The quantitative estimate of drug-likeness (QED) is 0.588. The third kappa shape index (κ3) is 4.50. The van der Waals surface area contributed by atoms with Crippen LogP contribution < -0.4 is 16.4 Å². The van der Waals surface area contributed by atoms with Gasteiger partial charge < -0.3 is 16.4 Å². The van der Waals surface area contributed by atoms with E-state index in [0.717, 1.165) is 11.6 Å². The lowest BCUT2D eigenvalue weighted by Crippen LogP contribution is -2.19. The van der Waals surface area contributed by atoms with Gasteiger partial charge in [-0.15, -0.1) is 0 Å². The molecule has 2 amide bonds. The van der Waals surface area contributed by atoms with Crippen molar-refractivity contribution in [2.75, 3.05) is 16.4 Å². The second kappa shape index (κ2) is 8.30. The van der Waals surface area contributed by atoms with Gasteiger partial charge in [0.25, 0.3) is 5.91 Å². The van der Waals surface area contributed by atoms with Gasteiger partial charge in [-0.3, -0.25) is 9.59 Å². The van der Waals surface area contributed by atoms with E-state index in [1.54, 1.807) is 6.07 Å². The zero-order chi connectivity index (χ0) is 20.1. The second-order valence-electron chi connectivity index (χ2n) is 6.24. The van der Waals surface area contributed by atoms with Crippen LogP contribution in [0.4, 0.5) is 21.5 Å². The average Bonchev–Trinajstić information content (AvgIpc) is 2.70. The molecule has 0 radical (unpaired) electrons. The van der Waals surface area contributed by atoms with Crippen LogP contribution in [0.5, 0.6) is 0 Å². The first-order valence-corrected chi connectivity index (χ1v) is 8.62. The molecule has 3 aromatic rings. The van der Waals surface area contributed by atoms with Crippen LogP contribution in [-0.4, -0.2) is 16.8 Å². The Morgan fingerprint density at radius 3 is 2.43 bits per heavy atom. The fourth-order valence-corrected chi connectivity index (χ4v) is 2.58. The van der Waals surface area contributed by atoms with Crippen molar-refractivity contribution in [1.82, 2.24) is 4.98 Å². The number of nitrogens with one attached hydrogen (secondary N) is 2. The molecule has 142 valence electrons. The number of benzene rings is 2. The van der Waals surface area contributed by atoms with Crippen molar-refractivity contribution in [3.05, 3.63) is 83.9 Å². The summed E-state index contributed by atoms with van der Waals surface area (Å²) in [6, 6.07) is 16.2. The van der Waals surface area contributed by atoms with Gasteiger partial charge in [0.1, 0.15) is 11.5 Å². The van der Waals surface area contributed by atoms with E-state index in [1.807, 2.05) is 37.3 Å². The van der Waals surface area contributed by atoms with E-state index < -0.39 is 11.7 Å². The van der Waals surface area contributed by atoms with E-state index >= 15 is 0 Å². The highest BCUT2D eigenvalue weighted by atomic mass is 19.1. The summed E-state index contributed by atoms with van der Waals surface area (Å²) in [6.07, 6.45) is 1.40. The number of halogens is 1. The van der Waals surface area contributed by atoms with Crippen molar-refractivity contribution in [2.45, 2.75) is 12.8 Å². The fourth-order valence-electron chi connectivity index (χ4n) is 2.58. The fraction of sp³-hybridized carbons (Fsp3) is 0.0952. The van der Waals surface area contributed by atoms with Gasteiger partial charge in [0.2, 0.25) is 5.91 Å². The van der Waals surface area contributed by atoms with Crippen LogP contribution in [0.15, 0.2) is 66.9 Å². The lowest BCUT2D eigenvalue weighted by molar-refractivity contribution is -0.117. The Bertz CT molecular complexity index is 991. The standard InChI is InChI=1S/C21H19FN4O2/c1-13(14-5-3-2-4-6-14)20(27)25-16-8-10-19(24-12-16)21(28)26-18-9-7-15(22)11-17(18)23/h2-13H,23H2,1H3,(H,25,27)(H,26,28)/t13-/m0/s1. The van der Waals surface area contributed by atoms with Gasteiger partial charge in [-0.2, -0.15) is 0 Å². The molecule has 1 heterocycles. The minimum absolute atomic E-state index is 0.118. The number of nitrogens with zero attached hydrogens (tertiary/aromatic N) is 1. The number of rotatable bonds is 5. The van der Waals surface area contributed by atoms with Crippen LogP contribution in [0, 0.1) is 5.82 Å². The maximum Gasteiger partial charge on any atom is 0.274 e. The van der Waals surface area contributed by atoms with Gasteiger partial charge in [-0.05, 0) is 42.8 Å². The second-order valence-corrected chi connectivity index (χ2v) is 6.24. The molecular formula is C21H19FN4O2. The largest absolute Gasteiger partial charge is 0.397 e. The molecule has 28 heavy (non-hydrogen) atoms. The number of hydrogen-bond donors (Lipinski definition) is 3. The number of carbonyl (C=O) groups is 2. The maximum absolute atomic E-state index is 13.1. The topological polar surface area (TPSA) is 97.1 Å². The van der Waals surface area contributed by atoms with Crippen molar-refractivity contribution in [3.63, 3.8) is 0 Å². The summed E-state index contributed by atoms with van der Waals surface area (Å²) in [5.74, 6) is -1.48. The monoisotopic (exact) mass is 378 g/mol. The molecule has 0 fully saturated rings. The highest BCUT2D eigenvalue weighted by Crippen LogP contribution is 2.20. The number of carbonyl (C=O) groups excluding carboxylic acids is 2. The third-order valence-corrected chi connectivity index (χ3v) is 4.22. The van der Waals surface area contributed by atoms with Crippen molar-refractivity contribution >= 4 is 28.9 Å². The molecular weight excluding hydrogens is 359 g/mol. The minimum Gasteiger partial charge on any atom is -0.397 e. The van der Waals surface area contributed by atoms with Crippen LogP contribution >= 0.6 is 0 Å². The summed E-state index contributed by atoms with van der Waals surface area (Å²) in [7, 11) is 0. The third-order valence-electron chi connectivity index (χ3n) is 4.22. The van der Waals surface area contributed by atoms with E-state index in [1.165, 1.54) is 24.4 Å². The Labute approximate surface area is 161 Å². The molecule has 7 heteroatoms. The van der Waals surface area contributed by atoms with Crippen molar-refractivity contribution in [3.8, 4) is 0 Å². The summed E-state index contributed by atoms with van der Waals surface area (Å²) in [5.41, 5.74) is 7.61. The highest BCUT2D eigenvalue weighted by molar-refractivity contribution is 6.04. The van der Waals surface area contributed by atoms with Crippen LogP contribution in [0.2, 0.25) is 0 Å². The normalized spacial score (nSPS) is 11.5. The van der Waals surface area contributed by atoms with E-state index in [0.29, 0.717) is 11.4 Å². The number of nitrogen functional groups attached to an aromatic ring is 1. The van der Waals surface area contributed by atoms with E-state index in [-0.39, 0.29) is 23.2 Å². The van der Waals surface area contributed by atoms with Gasteiger partial charge in [-0.25, -0.2) is 9.37 Å². The summed E-state index contributed by atoms with van der Waals surface area (Å²) in [4.78, 5) is 28.7. The number of anilines is 3. The van der Waals surface area contributed by atoms with Gasteiger partial charge in [0, 0.05) is 0 Å². The van der Waals surface area contributed by atoms with Gasteiger partial charge in [0.05, 0.1) is 29.2 Å². The number of amides is 2. The molecule has 0 aliphatic carbocycles. The first-order valence-electron chi connectivity index (χ1n) is 8.62. The van der Waals surface area contributed by atoms with Crippen molar-refractivity contribution < 1.29 is 14.0 Å². The van der Waals surface area contributed by atoms with Crippen molar-refractivity contribution in [1.29, 1.82) is 0 Å². The molecule has 6 nitrogen and oxygen atoms in total. The molecule has 2 aromatic carbocycles. The van der Waals surface area contributed by atoms with Crippen LogP contribution in [0.1, 0.15) is 28.9 Å². The molecule has 1 aromatic heterocycles. The van der Waals surface area contributed by atoms with Crippen molar-refractivity contribution in [2.24, 2.45) is 0 Å². The first-order chi connectivity index (χ1) is 13.4. The van der Waals surface area contributed by atoms with Gasteiger partial charge in [0.15, 0.2) is 0 Å². The Balaban J connectivity index is 1.64. The van der Waals surface area contributed by atoms with Crippen LogP contribution in [0.3, 0.4) is 0 Å². The average molecular weight is 378 g/mol. The zero-order valence-electron chi connectivity index (χ0n) is 15.1. The van der Waals surface area contributed by atoms with E-state index in [2.05, 4.69) is 15.6 Å². The lowest BCUT2D eigenvalue weighted by Gasteiger charge is -2.12. The first kappa shape index (κ1) is 19.0. The number of pyridine rings is 1. The molecule has 0 spiro atoms. The van der Waals surface area contributed by atoms with Crippen LogP contribution in [-0.2, 0) is 4.79 Å². The Morgan fingerprint density at radius 1 is 1.04 bits per heavy atom. The molecule has 4 N–H and O–H groups in total. The van der Waals surface area contributed by atoms with E-state index in [4.69, 9.17) is 5.73 Å². The van der Waals surface area contributed by atoms with Gasteiger partial charge in [-0.1, -0.05) is 30.3 Å². The van der Waals surface area contributed by atoms with E-state index in [9.17, 15) is 14.0 Å². The molecule has 0 aliphatic heterocycles. The lowest BCUT2D eigenvalue weighted by atomic mass is 10.0. The summed E-state index contributed by atoms with van der Waals surface area (Å²) in [5, 5.41) is 5.35. The molecule has 0 saturated carbocycles.